The van der Waals surface area contributed by atoms with Crippen molar-refractivity contribution in [2.75, 3.05) is 26.7 Å². The van der Waals surface area contributed by atoms with Gasteiger partial charge in [-0.1, -0.05) is 35.9 Å². The lowest BCUT2D eigenvalue weighted by Gasteiger charge is -2.08. The molecular formula is C19H23ClN2O2. The van der Waals surface area contributed by atoms with Gasteiger partial charge in [-0.15, -0.1) is 0 Å². The van der Waals surface area contributed by atoms with Crippen molar-refractivity contribution in [3.8, 4) is 5.75 Å². The number of hydrogen-bond acceptors (Lipinski definition) is 3. The summed E-state index contributed by atoms with van der Waals surface area (Å²) < 4.78 is 5.12. The smallest absolute Gasteiger partial charge is 0.233 e. The molecule has 0 saturated heterocycles. The van der Waals surface area contributed by atoms with E-state index in [2.05, 4.69) is 10.6 Å². The maximum atomic E-state index is 11.8. The minimum atomic E-state index is 0.00889. The molecule has 128 valence electrons. The van der Waals surface area contributed by atoms with Crippen molar-refractivity contribution in [2.24, 2.45) is 0 Å². The van der Waals surface area contributed by atoms with Gasteiger partial charge in [0.25, 0.3) is 0 Å². The number of rotatable bonds is 9. The number of benzene rings is 2. The predicted octanol–water partition coefficient (Wildman–Crippen LogP) is 2.84. The van der Waals surface area contributed by atoms with Crippen LogP contribution in [0.1, 0.15) is 11.1 Å². The molecule has 0 aliphatic rings. The van der Waals surface area contributed by atoms with E-state index in [-0.39, 0.29) is 5.91 Å². The molecule has 4 nitrogen and oxygen atoms in total. The van der Waals surface area contributed by atoms with Crippen LogP contribution in [0.5, 0.6) is 5.75 Å². The van der Waals surface area contributed by atoms with Crippen LogP contribution in [0.2, 0.25) is 5.02 Å². The minimum absolute atomic E-state index is 0.00889. The first-order chi connectivity index (χ1) is 11.7. The highest BCUT2D eigenvalue weighted by molar-refractivity contribution is 6.30. The highest BCUT2D eigenvalue weighted by atomic mass is 35.5. The molecule has 0 unspecified atom stereocenters. The SMILES string of the molecule is COc1ccc(CCNC(=O)CNCCc2cccc(Cl)c2)cc1. The minimum Gasteiger partial charge on any atom is -0.497 e. The van der Waals surface area contributed by atoms with E-state index in [0.29, 0.717) is 13.1 Å². The summed E-state index contributed by atoms with van der Waals surface area (Å²) in [4.78, 5) is 11.8. The number of carbonyl (C=O) groups is 1. The van der Waals surface area contributed by atoms with Crippen LogP contribution in [0.4, 0.5) is 0 Å². The molecule has 0 heterocycles. The molecule has 24 heavy (non-hydrogen) atoms. The molecule has 2 N–H and O–H groups in total. The van der Waals surface area contributed by atoms with Crippen molar-refractivity contribution in [3.63, 3.8) is 0 Å². The van der Waals surface area contributed by atoms with Crippen molar-refractivity contribution < 1.29 is 9.53 Å². The Balaban J connectivity index is 1.57. The van der Waals surface area contributed by atoms with E-state index in [1.165, 1.54) is 5.56 Å². The van der Waals surface area contributed by atoms with Crippen molar-refractivity contribution in [3.05, 3.63) is 64.7 Å². The number of amides is 1. The third-order valence-corrected chi connectivity index (χ3v) is 3.90. The Morgan fingerprint density at radius 1 is 1.04 bits per heavy atom. The van der Waals surface area contributed by atoms with Gasteiger partial charge in [0.1, 0.15) is 5.75 Å². The number of methoxy groups -OCH3 is 1. The molecule has 0 aromatic heterocycles. The average molecular weight is 347 g/mol. The lowest BCUT2D eigenvalue weighted by molar-refractivity contribution is -0.120. The monoisotopic (exact) mass is 346 g/mol. The maximum Gasteiger partial charge on any atom is 0.233 e. The zero-order chi connectivity index (χ0) is 17.2. The van der Waals surface area contributed by atoms with Crippen LogP contribution in [0.25, 0.3) is 0 Å². The van der Waals surface area contributed by atoms with E-state index in [9.17, 15) is 4.79 Å². The fraction of sp³-hybridized carbons (Fsp3) is 0.316. The quantitative estimate of drug-likeness (QED) is 0.686. The van der Waals surface area contributed by atoms with Gasteiger partial charge in [-0.3, -0.25) is 4.79 Å². The Kier molecular flexibility index (Phi) is 7.59. The molecule has 0 fully saturated rings. The average Bonchev–Trinajstić information content (AvgIpc) is 2.59. The van der Waals surface area contributed by atoms with Gasteiger partial charge < -0.3 is 15.4 Å². The molecule has 2 aromatic rings. The number of ether oxygens (including phenoxy) is 1. The summed E-state index contributed by atoms with van der Waals surface area (Å²) in [6, 6.07) is 15.6. The van der Waals surface area contributed by atoms with Crippen molar-refractivity contribution in [1.82, 2.24) is 10.6 Å². The lowest BCUT2D eigenvalue weighted by atomic mass is 10.1. The Morgan fingerprint density at radius 2 is 1.79 bits per heavy atom. The third kappa shape index (κ3) is 6.60. The zero-order valence-electron chi connectivity index (χ0n) is 13.8. The molecule has 0 spiro atoms. The van der Waals surface area contributed by atoms with E-state index < -0.39 is 0 Å². The van der Waals surface area contributed by atoms with Crippen LogP contribution < -0.4 is 15.4 Å². The highest BCUT2D eigenvalue weighted by Crippen LogP contribution is 2.11. The van der Waals surface area contributed by atoms with Gasteiger partial charge in [0.05, 0.1) is 13.7 Å². The molecule has 2 rings (SSSR count). The summed E-state index contributed by atoms with van der Waals surface area (Å²) in [6.07, 6.45) is 1.65. The van der Waals surface area contributed by atoms with Crippen LogP contribution in [-0.4, -0.2) is 32.7 Å². The largest absolute Gasteiger partial charge is 0.497 e. The first kappa shape index (κ1) is 18.3. The molecule has 0 aliphatic carbocycles. The summed E-state index contributed by atoms with van der Waals surface area (Å²) in [7, 11) is 1.65. The van der Waals surface area contributed by atoms with E-state index >= 15 is 0 Å². The molecule has 1 amide bonds. The van der Waals surface area contributed by atoms with Crippen LogP contribution in [0.15, 0.2) is 48.5 Å². The second-order valence-electron chi connectivity index (χ2n) is 5.50. The second kappa shape index (κ2) is 9.96. The molecule has 2 aromatic carbocycles. The summed E-state index contributed by atoms with van der Waals surface area (Å²) >= 11 is 5.94. The van der Waals surface area contributed by atoms with E-state index in [1.807, 2.05) is 48.5 Å². The number of nitrogens with one attached hydrogen (secondary N) is 2. The Bertz CT molecular complexity index is 644. The molecule has 0 saturated carbocycles. The third-order valence-electron chi connectivity index (χ3n) is 3.66. The van der Waals surface area contributed by atoms with Crippen molar-refractivity contribution in [2.45, 2.75) is 12.8 Å². The molecule has 0 radical (unpaired) electrons. The number of hydrogen-bond donors (Lipinski definition) is 2. The Labute approximate surface area is 148 Å². The number of halogens is 1. The second-order valence-corrected chi connectivity index (χ2v) is 5.94. The first-order valence-electron chi connectivity index (χ1n) is 8.02. The van der Waals surface area contributed by atoms with Gasteiger partial charge in [0.15, 0.2) is 0 Å². The first-order valence-corrected chi connectivity index (χ1v) is 8.40. The molecule has 0 bridgehead atoms. The standard InChI is InChI=1S/C19H23ClN2O2/c1-24-18-7-5-15(6-8-18)10-12-22-19(23)14-21-11-9-16-3-2-4-17(20)13-16/h2-8,13,21H,9-12,14H2,1H3,(H,22,23). The fourth-order valence-corrected chi connectivity index (χ4v) is 2.54. The molecule has 0 aliphatic heterocycles. The summed E-state index contributed by atoms with van der Waals surface area (Å²) in [5, 5.41) is 6.80. The van der Waals surface area contributed by atoms with Crippen LogP contribution in [-0.2, 0) is 17.6 Å². The highest BCUT2D eigenvalue weighted by Gasteiger charge is 2.01. The molecule has 5 heteroatoms. The predicted molar refractivity (Wildman–Crippen MR) is 97.7 cm³/mol. The van der Waals surface area contributed by atoms with Gasteiger partial charge in [0, 0.05) is 11.6 Å². The van der Waals surface area contributed by atoms with E-state index in [4.69, 9.17) is 16.3 Å². The molecule has 0 atom stereocenters. The van der Waals surface area contributed by atoms with Crippen molar-refractivity contribution >= 4 is 17.5 Å². The summed E-state index contributed by atoms with van der Waals surface area (Å²) in [5.74, 6) is 0.848. The normalized spacial score (nSPS) is 10.4. The van der Waals surface area contributed by atoms with Gasteiger partial charge in [-0.25, -0.2) is 0 Å². The summed E-state index contributed by atoms with van der Waals surface area (Å²) in [5.41, 5.74) is 2.33. The van der Waals surface area contributed by atoms with Crippen LogP contribution in [0.3, 0.4) is 0 Å². The Morgan fingerprint density at radius 3 is 2.50 bits per heavy atom. The van der Waals surface area contributed by atoms with E-state index in [0.717, 1.165) is 35.7 Å². The van der Waals surface area contributed by atoms with Gasteiger partial charge >= 0.3 is 0 Å². The topological polar surface area (TPSA) is 50.4 Å². The molecular weight excluding hydrogens is 324 g/mol. The van der Waals surface area contributed by atoms with Gasteiger partial charge in [0.2, 0.25) is 5.91 Å². The zero-order valence-corrected chi connectivity index (χ0v) is 14.6. The van der Waals surface area contributed by atoms with Crippen molar-refractivity contribution in [1.29, 1.82) is 0 Å². The van der Waals surface area contributed by atoms with Gasteiger partial charge in [-0.2, -0.15) is 0 Å². The Hall–Kier alpha value is -2.04. The summed E-state index contributed by atoms with van der Waals surface area (Å²) in [6.45, 7) is 1.69. The number of carbonyl (C=O) groups excluding carboxylic acids is 1. The van der Waals surface area contributed by atoms with Crippen LogP contribution in [0, 0.1) is 0 Å². The van der Waals surface area contributed by atoms with E-state index in [1.54, 1.807) is 7.11 Å². The lowest BCUT2D eigenvalue weighted by Crippen LogP contribution is -2.35. The maximum absolute atomic E-state index is 11.8. The fourth-order valence-electron chi connectivity index (χ4n) is 2.33. The van der Waals surface area contributed by atoms with Gasteiger partial charge in [-0.05, 0) is 54.8 Å². The van der Waals surface area contributed by atoms with Crippen LogP contribution >= 0.6 is 11.6 Å².